The zero-order chi connectivity index (χ0) is 13.7. The molecule has 0 bridgehead atoms. The molecule has 0 aliphatic heterocycles. The van der Waals surface area contributed by atoms with Gasteiger partial charge in [-0.2, -0.15) is 0 Å². The number of benzene rings is 1. The maximum absolute atomic E-state index is 11.7. The molecule has 0 heterocycles. The van der Waals surface area contributed by atoms with Crippen molar-refractivity contribution in [1.82, 2.24) is 10.6 Å². The summed E-state index contributed by atoms with van der Waals surface area (Å²) >= 11 is 0. The van der Waals surface area contributed by atoms with Gasteiger partial charge < -0.3 is 15.7 Å². The Morgan fingerprint density at radius 3 is 2.56 bits per heavy atom. The van der Waals surface area contributed by atoms with Crippen LogP contribution in [0, 0.1) is 6.92 Å². The summed E-state index contributed by atoms with van der Waals surface area (Å²) in [5.41, 5.74) is 1.03. The molecule has 1 rings (SSSR count). The van der Waals surface area contributed by atoms with Crippen molar-refractivity contribution >= 4 is 11.8 Å². The Morgan fingerprint density at radius 1 is 1.33 bits per heavy atom. The molecule has 0 radical (unpaired) electrons. The van der Waals surface area contributed by atoms with Crippen molar-refractivity contribution < 1.29 is 14.7 Å². The largest absolute Gasteiger partial charge is 0.507 e. The van der Waals surface area contributed by atoms with E-state index in [1.807, 2.05) is 20.8 Å². The molecule has 0 fully saturated rings. The number of carbonyl (C=O) groups is 2. The number of hydrogen-bond donors (Lipinski definition) is 3. The van der Waals surface area contributed by atoms with Gasteiger partial charge in [-0.05, 0) is 38.5 Å². The minimum absolute atomic E-state index is 0.0298. The lowest BCUT2D eigenvalue weighted by molar-refractivity contribution is -0.120. The first-order valence-corrected chi connectivity index (χ1v) is 5.77. The van der Waals surface area contributed by atoms with Crippen molar-refractivity contribution in [2.45, 2.75) is 26.8 Å². The first-order valence-electron chi connectivity index (χ1n) is 5.77. The molecule has 1 aromatic rings. The van der Waals surface area contributed by atoms with Crippen LogP contribution in [0.3, 0.4) is 0 Å². The van der Waals surface area contributed by atoms with Gasteiger partial charge in [-0.1, -0.05) is 6.07 Å². The quantitative estimate of drug-likeness (QED) is 0.744. The van der Waals surface area contributed by atoms with Gasteiger partial charge in [-0.25, -0.2) is 0 Å². The van der Waals surface area contributed by atoms with E-state index < -0.39 is 5.91 Å². The topological polar surface area (TPSA) is 78.4 Å². The average molecular weight is 250 g/mol. The number of hydrogen-bond acceptors (Lipinski definition) is 3. The average Bonchev–Trinajstić information content (AvgIpc) is 2.25. The van der Waals surface area contributed by atoms with Crippen LogP contribution in [0.4, 0.5) is 0 Å². The fourth-order valence-corrected chi connectivity index (χ4v) is 1.46. The van der Waals surface area contributed by atoms with E-state index in [0.29, 0.717) is 0 Å². The Hall–Kier alpha value is -2.04. The molecule has 5 nitrogen and oxygen atoms in total. The molecule has 0 aliphatic carbocycles. The number of phenols is 1. The van der Waals surface area contributed by atoms with Crippen molar-refractivity contribution in [3.05, 3.63) is 29.3 Å². The predicted molar refractivity (Wildman–Crippen MR) is 68.5 cm³/mol. The SMILES string of the molecule is Cc1ccc(C(=O)NCC(=O)NC(C)C)c(O)c1. The maximum atomic E-state index is 11.7. The minimum atomic E-state index is -0.466. The molecule has 0 aromatic heterocycles. The zero-order valence-corrected chi connectivity index (χ0v) is 10.8. The van der Waals surface area contributed by atoms with Gasteiger partial charge in [-0.15, -0.1) is 0 Å². The van der Waals surface area contributed by atoms with Crippen molar-refractivity contribution in [2.75, 3.05) is 6.54 Å². The Labute approximate surface area is 106 Å². The summed E-state index contributed by atoms with van der Waals surface area (Å²) in [5.74, 6) is -0.812. The van der Waals surface area contributed by atoms with Crippen molar-refractivity contribution in [2.24, 2.45) is 0 Å². The highest BCUT2D eigenvalue weighted by Crippen LogP contribution is 2.17. The molecule has 0 spiro atoms. The van der Waals surface area contributed by atoms with Crippen LogP contribution in [0.25, 0.3) is 0 Å². The Kier molecular flexibility index (Phi) is 4.71. The summed E-state index contributed by atoms with van der Waals surface area (Å²) in [6.07, 6.45) is 0. The second kappa shape index (κ2) is 6.05. The van der Waals surface area contributed by atoms with Crippen molar-refractivity contribution in [3.63, 3.8) is 0 Å². The van der Waals surface area contributed by atoms with Gasteiger partial charge in [0.2, 0.25) is 5.91 Å². The van der Waals surface area contributed by atoms with E-state index >= 15 is 0 Å². The van der Waals surface area contributed by atoms with Gasteiger partial charge >= 0.3 is 0 Å². The third-order valence-corrected chi connectivity index (χ3v) is 2.26. The van der Waals surface area contributed by atoms with Gasteiger partial charge in [0.25, 0.3) is 5.91 Å². The number of aromatic hydroxyl groups is 1. The molecule has 3 N–H and O–H groups in total. The van der Waals surface area contributed by atoms with Crippen molar-refractivity contribution in [3.8, 4) is 5.75 Å². The van der Waals surface area contributed by atoms with Crippen LogP contribution < -0.4 is 10.6 Å². The molecule has 5 heteroatoms. The summed E-state index contributed by atoms with van der Waals surface area (Å²) in [4.78, 5) is 23.1. The Balaban J connectivity index is 2.58. The van der Waals surface area contributed by atoms with Crippen LogP contribution in [-0.4, -0.2) is 29.5 Å². The van der Waals surface area contributed by atoms with Crippen LogP contribution in [0.1, 0.15) is 29.8 Å². The summed E-state index contributed by atoms with van der Waals surface area (Å²) in [6, 6.07) is 4.79. The molecule has 2 amide bonds. The summed E-state index contributed by atoms with van der Waals surface area (Å²) in [7, 11) is 0. The zero-order valence-electron chi connectivity index (χ0n) is 10.8. The van der Waals surface area contributed by atoms with Gasteiger partial charge in [0, 0.05) is 6.04 Å². The number of phenolic OH excluding ortho intramolecular Hbond substituents is 1. The highest BCUT2D eigenvalue weighted by atomic mass is 16.3. The van der Waals surface area contributed by atoms with Gasteiger partial charge in [0.15, 0.2) is 0 Å². The molecular weight excluding hydrogens is 232 g/mol. The van der Waals surface area contributed by atoms with Crippen LogP contribution >= 0.6 is 0 Å². The normalized spacial score (nSPS) is 10.2. The standard InChI is InChI=1S/C13H18N2O3/c1-8(2)15-12(17)7-14-13(18)10-5-4-9(3)6-11(10)16/h4-6,8,16H,7H2,1-3H3,(H,14,18)(H,15,17). The van der Waals surface area contributed by atoms with E-state index in [-0.39, 0.29) is 29.8 Å². The fraction of sp³-hybridized carbons (Fsp3) is 0.385. The second-order valence-corrected chi connectivity index (χ2v) is 4.43. The summed E-state index contributed by atoms with van der Waals surface area (Å²) < 4.78 is 0. The number of aryl methyl sites for hydroxylation is 1. The number of carbonyl (C=O) groups excluding carboxylic acids is 2. The van der Waals surface area contributed by atoms with Gasteiger partial charge in [0.05, 0.1) is 12.1 Å². The molecule has 0 aliphatic rings. The minimum Gasteiger partial charge on any atom is -0.507 e. The van der Waals surface area contributed by atoms with Crippen LogP contribution in [0.5, 0.6) is 5.75 Å². The Bertz CT molecular complexity index is 456. The highest BCUT2D eigenvalue weighted by Gasteiger charge is 2.12. The third-order valence-electron chi connectivity index (χ3n) is 2.26. The highest BCUT2D eigenvalue weighted by molar-refractivity contribution is 5.98. The maximum Gasteiger partial charge on any atom is 0.255 e. The second-order valence-electron chi connectivity index (χ2n) is 4.43. The molecule has 1 aromatic carbocycles. The van der Waals surface area contributed by atoms with E-state index in [9.17, 15) is 14.7 Å². The smallest absolute Gasteiger partial charge is 0.255 e. The van der Waals surface area contributed by atoms with Crippen LogP contribution in [0.15, 0.2) is 18.2 Å². The molecule has 98 valence electrons. The molecule has 0 saturated carbocycles. The number of nitrogens with one attached hydrogen (secondary N) is 2. The first-order chi connectivity index (χ1) is 8.40. The Morgan fingerprint density at radius 2 is 2.00 bits per heavy atom. The van der Waals surface area contributed by atoms with E-state index in [1.165, 1.54) is 12.1 Å². The lowest BCUT2D eigenvalue weighted by atomic mass is 10.1. The van der Waals surface area contributed by atoms with E-state index in [2.05, 4.69) is 10.6 Å². The molecule has 0 unspecified atom stereocenters. The van der Waals surface area contributed by atoms with Gasteiger partial charge in [-0.3, -0.25) is 9.59 Å². The lowest BCUT2D eigenvalue weighted by Crippen LogP contribution is -2.39. The molecule has 18 heavy (non-hydrogen) atoms. The third kappa shape index (κ3) is 4.08. The van der Waals surface area contributed by atoms with Gasteiger partial charge in [0.1, 0.15) is 5.75 Å². The van der Waals surface area contributed by atoms with E-state index in [0.717, 1.165) is 5.56 Å². The summed E-state index contributed by atoms with van der Waals surface area (Å²) in [5, 5.41) is 14.7. The van der Waals surface area contributed by atoms with Crippen molar-refractivity contribution in [1.29, 1.82) is 0 Å². The van der Waals surface area contributed by atoms with Crippen LogP contribution in [0.2, 0.25) is 0 Å². The predicted octanol–water partition coefficient (Wildman–Crippen LogP) is 0.955. The lowest BCUT2D eigenvalue weighted by Gasteiger charge is -2.10. The molecule has 0 atom stereocenters. The number of rotatable bonds is 4. The van der Waals surface area contributed by atoms with E-state index in [1.54, 1.807) is 6.07 Å². The monoisotopic (exact) mass is 250 g/mol. The van der Waals surface area contributed by atoms with Crippen LogP contribution in [-0.2, 0) is 4.79 Å². The first kappa shape index (κ1) is 14.0. The van der Waals surface area contributed by atoms with E-state index in [4.69, 9.17) is 0 Å². The molecular formula is C13H18N2O3. The number of amides is 2. The molecule has 0 saturated heterocycles. The fourth-order valence-electron chi connectivity index (χ4n) is 1.46. The summed E-state index contributed by atoms with van der Waals surface area (Å²) in [6.45, 7) is 5.39.